The lowest BCUT2D eigenvalue weighted by Gasteiger charge is -2.08. The van der Waals surface area contributed by atoms with Crippen LogP contribution in [0, 0.1) is 0 Å². The molecular weight excluding hydrogens is 342 g/mol. The molecule has 1 fully saturated rings. The predicted octanol–water partition coefficient (Wildman–Crippen LogP) is 3.13. The van der Waals surface area contributed by atoms with Gasteiger partial charge in [0.25, 0.3) is 0 Å². The minimum absolute atomic E-state index is 0. The molecule has 1 aliphatic rings. The first kappa shape index (κ1) is 17.4. The number of hydrogen-bond donors (Lipinski definition) is 1. The van der Waals surface area contributed by atoms with E-state index in [0.29, 0.717) is 13.0 Å². The lowest BCUT2D eigenvalue weighted by molar-refractivity contribution is 0.404. The quantitative estimate of drug-likeness (QED) is 0.888. The second-order valence-corrected chi connectivity index (χ2v) is 8.42. The van der Waals surface area contributed by atoms with Gasteiger partial charge in [-0.1, -0.05) is 30.0 Å². The van der Waals surface area contributed by atoms with Crippen LogP contribution in [0.2, 0.25) is 0 Å². The van der Waals surface area contributed by atoms with Gasteiger partial charge in [-0.25, -0.2) is 8.42 Å². The number of sulfone groups is 1. The molecule has 22 heavy (non-hydrogen) atoms. The smallest absolute Gasteiger partial charge is 0.165 e. The van der Waals surface area contributed by atoms with Gasteiger partial charge in [0.15, 0.2) is 14.9 Å². The van der Waals surface area contributed by atoms with Crippen LogP contribution in [0.3, 0.4) is 0 Å². The van der Waals surface area contributed by atoms with Crippen LogP contribution in [-0.2, 0) is 16.4 Å². The Balaban J connectivity index is 0.00000176. The van der Waals surface area contributed by atoms with Crippen molar-refractivity contribution in [2.45, 2.75) is 29.0 Å². The molecular formula is C15H18ClNO3S2. The fraction of sp³-hybridized carbons (Fsp3) is 0.333. The Hall–Kier alpha value is -0.950. The van der Waals surface area contributed by atoms with Gasteiger partial charge in [-0.2, -0.15) is 0 Å². The molecule has 4 nitrogen and oxygen atoms in total. The van der Waals surface area contributed by atoms with E-state index in [1.54, 1.807) is 11.8 Å². The Bertz CT molecular complexity index is 701. The summed E-state index contributed by atoms with van der Waals surface area (Å²) in [5.74, 6) is 1.36. The molecule has 120 valence electrons. The molecule has 2 aromatic rings. The zero-order valence-corrected chi connectivity index (χ0v) is 14.3. The number of halogens is 1. The van der Waals surface area contributed by atoms with Crippen molar-refractivity contribution >= 4 is 34.0 Å². The number of hydrogen-bond acceptors (Lipinski definition) is 5. The fourth-order valence-electron chi connectivity index (χ4n) is 2.31. The summed E-state index contributed by atoms with van der Waals surface area (Å²) in [5.41, 5.74) is 0. The molecule has 1 atom stereocenters. The molecule has 1 aliphatic heterocycles. The van der Waals surface area contributed by atoms with Gasteiger partial charge in [0.2, 0.25) is 0 Å². The van der Waals surface area contributed by atoms with Gasteiger partial charge in [-0.15, -0.1) is 12.4 Å². The summed E-state index contributed by atoms with van der Waals surface area (Å²) < 4.78 is 28.5. The van der Waals surface area contributed by atoms with E-state index in [-0.39, 0.29) is 30.0 Å². The number of rotatable bonds is 5. The average Bonchev–Trinajstić information content (AvgIpc) is 3.04. The van der Waals surface area contributed by atoms with Crippen LogP contribution < -0.4 is 5.32 Å². The molecule has 0 radical (unpaired) electrons. The second kappa shape index (κ2) is 7.55. The summed E-state index contributed by atoms with van der Waals surface area (Å²) in [5, 5.41) is 4.09. The standard InChI is InChI=1S/C15H17NO3S2.ClH/c17-21(18)9-8-12(11-21)16-10-13-6-7-15(19-13)20-14-4-2-1-3-5-14;/h1-7,12,16H,8-11H2;1H. The van der Waals surface area contributed by atoms with E-state index >= 15 is 0 Å². The number of benzene rings is 1. The van der Waals surface area contributed by atoms with Gasteiger partial charge in [0, 0.05) is 10.9 Å². The highest BCUT2D eigenvalue weighted by molar-refractivity contribution is 7.99. The Morgan fingerprint density at radius 1 is 1.18 bits per heavy atom. The summed E-state index contributed by atoms with van der Waals surface area (Å²) in [6.07, 6.45) is 0.689. The largest absolute Gasteiger partial charge is 0.453 e. The summed E-state index contributed by atoms with van der Waals surface area (Å²) in [7, 11) is -2.83. The van der Waals surface area contributed by atoms with Crippen molar-refractivity contribution in [2.24, 2.45) is 0 Å². The zero-order chi connectivity index (χ0) is 14.7. The van der Waals surface area contributed by atoms with Gasteiger partial charge in [0.05, 0.1) is 18.1 Å². The molecule has 1 aromatic heterocycles. The number of nitrogens with one attached hydrogen (secondary N) is 1. The molecule has 1 N–H and O–H groups in total. The minimum Gasteiger partial charge on any atom is -0.453 e. The van der Waals surface area contributed by atoms with E-state index in [1.807, 2.05) is 42.5 Å². The van der Waals surface area contributed by atoms with Crippen LogP contribution in [-0.4, -0.2) is 26.0 Å². The van der Waals surface area contributed by atoms with Crippen molar-refractivity contribution in [3.8, 4) is 0 Å². The topological polar surface area (TPSA) is 59.3 Å². The molecule has 0 amide bonds. The van der Waals surface area contributed by atoms with Crippen molar-refractivity contribution in [1.29, 1.82) is 0 Å². The van der Waals surface area contributed by atoms with Crippen LogP contribution >= 0.6 is 24.2 Å². The first-order valence-electron chi connectivity index (χ1n) is 6.86. The Kier molecular flexibility index (Phi) is 5.97. The van der Waals surface area contributed by atoms with Gasteiger partial charge < -0.3 is 9.73 Å². The van der Waals surface area contributed by atoms with Crippen LogP contribution in [0.4, 0.5) is 0 Å². The molecule has 1 saturated heterocycles. The van der Waals surface area contributed by atoms with E-state index in [1.165, 1.54) is 0 Å². The van der Waals surface area contributed by atoms with E-state index in [2.05, 4.69) is 5.32 Å². The lowest BCUT2D eigenvalue weighted by Crippen LogP contribution is -2.29. The molecule has 0 saturated carbocycles. The average molecular weight is 360 g/mol. The number of furan rings is 1. The second-order valence-electron chi connectivity index (χ2n) is 5.12. The maximum absolute atomic E-state index is 11.4. The SMILES string of the molecule is Cl.O=S1(=O)CCC(NCc2ccc(Sc3ccccc3)o2)C1. The van der Waals surface area contributed by atoms with Crippen molar-refractivity contribution in [1.82, 2.24) is 5.32 Å². The third kappa shape index (κ3) is 4.78. The van der Waals surface area contributed by atoms with Gasteiger partial charge >= 0.3 is 0 Å². The predicted molar refractivity (Wildman–Crippen MR) is 90.4 cm³/mol. The zero-order valence-electron chi connectivity index (χ0n) is 11.9. The molecule has 7 heteroatoms. The van der Waals surface area contributed by atoms with Gasteiger partial charge in [-0.3, -0.25) is 0 Å². The minimum atomic E-state index is -2.83. The summed E-state index contributed by atoms with van der Waals surface area (Å²) in [6, 6.07) is 14.0. The lowest BCUT2D eigenvalue weighted by atomic mass is 10.2. The van der Waals surface area contributed by atoms with E-state index in [0.717, 1.165) is 15.7 Å². The Morgan fingerprint density at radius 3 is 2.64 bits per heavy atom. The highest BCUT2D eigenvalue weighted by Crippen LogP contribution is 2.28. The van der Waals surface area contributed by atoms with Crippen molar-refractivity contribution in [2.75, 3.05) is 11.5 Å². The highest BCUT2D eigenvalue weighted by Gasteiger charge is 2.27. The van der Waals surface area contributed by atoms with Crippen LogP contribution in [0.15, 0.2) is 56.9 Å². The van der Waals surface area contributed by atoms with E-state index < -0.39 is 9.84 Å². The van der Waals surface area contributed by atoms with Gasteiger partial charge in [0.1, 0.15) is 5.76 Å². The third-order valence-corrected chi connectivity index (χ3v) is 6.09. The molecule has 3 rings (SSSR count). The third-order valence-electron chi connectivity index (χ3n) is 3.40. The molecule has 2 heterocycles. The Morgan fingerprint density at radius 2 is 1.95 bits per heavy atom. The molecule has 0 bridgehead atoms. The highest BCUT2D eigenvalue weighted by atomic mass is 35.5. The maximum atomic E-state index is 11.4. The van der Waals surface area contributed by atoms with Crippen molar-refractivity contribution < 1.29 is 12.8 Å². The Labute approximate surface area is 141 Å². The van der Waals surface area contributed by atoms with Gasteiger partial charge in [-0.05, 0) is 30.7 Å². The first-order valence-corrected chi connectivity index (χ1v) is 9.50. The van der Waals surface area contributed by atoms with E-state index in [4.69, 9.17) is 4.42 Å². The van der Waals surface area contributed by atoms with E-state index in [9.17, 15) is 8.42 Å². The van der Waals surface area contributed by atoms with Crippen molar-refractivity contribution in [3.05, 3.63) is 48.2 Å². The normalized spacial score (nSPS) is 19.7. The monoisotopic (exact) mass is 359 g/mol. The van der Waals surface area contributed by atoms with Crippen LogP contribution in [0.25, 0.3) is 0 Å². The summed E-state index contributed by atoms with van der Waals surface area (Å²) >= 11 is 1.58. The summed E-state index contributed by atoms with van der Waals surface area (Å²) in [6.45, 7) is 0.565. The molecule has 0 spiro atoms. The fourth-order valence-corrected chi connectivity index (χ4v) is 4.83. The molecule has 1 aromatic carbocycles. The van der Waals surface area contributed by atoms with Crippen LogP contribution in [0.5, 0.6) is 0 Å². The summed E-state index contributed by atoms with van der Waals surface area (Å²) in [4.78, 5) is 1.13. The molecule has 0 aliphatic carbocycles. The van der Waals surface area contributed by atoms with Crippen LogP contribution in [0.1, 0.15) is 12.2 Å². The maximum Gasteiger partial charge on any atom is 0.165 e. The first-order chi connectivity index (χ1) is 10.1. The van der Waals surface area contributed by atoms with Crippen molar-refractivity contribution in [3.63, 3.8) is 0 Å². The molecule has 1 unspecified atom stereocenters.